The van der Waals surface area contributed by atoms with Crippen LogP contribution in [-0.2, 0) is 6.42 Å². The summed E-state index contributed by atoms with van der Waals surface area (Å²) in [4.78, 5) is 0. The monoisotopic (exact) mass is 217 g/mol. The van der Waals surface area contributed by atoms with Gasteiger partial charge in [-0.05, 0) is 36.8 Å². The number of hydrogen-bond donors (Lipinski definition) is 2. The maximum Gasteiger partial charge on any atom is 0.0784 e. The second-order valence-corrected chi connectivity index (χ2v) is 5.24. The van der Waals surface area contributed by atoms with E-state index in [4.69, 9.17) is 0 Å². The van der Waals surface area contributed by atoms with E-state index in [1.165, 1.54) is 36.1 Å². The summed E-state index contributed by atoms with van der Waals surface area (Å²) in [5.41, 5.74) is 3.83. The van der Waals surface area contributed by atoms with Gasteiger partial charge in [0.1, 0.15) is 0 Å². The van der Waals surface area contributed by atoms with Crippen molar-refractivity contribution in [3.8, 4) is 0 Å². The summed E-state index contributed by atoms with van der Waals surface area (Å²) in [6, 6.07) is 6.62. The van der Waals surface area contributed by atoms with E-state index in [0.717, 1.165) is 6.42 Å². The highest BCUT2D eigenvalue weighted by molar-refractivity contribution is 5.60. The Kier molecular flexibility index (Phi) is 2.40. The Morgan fingerprint density at radius 1 is 1.31 bits per heavy atom. The van der Waals surface area contributed by atoms with Gasteiger partial charge in [-0.1, -0.05) is 24.6 Å². The number of aliphatic hydroxyl groups is 1. The number of anilines is 1. The number of aliphatic hydroxyl groups excluding tert-OH is 1. The van der Waals surface area contributed by atoms with E-state index in [9.17, 15) is 5.11 Å². The van der Waals surface area contributed by atoms with Crippen LogP contribution in [0.4, 0.5) is 5.69 Å². The zero-order valence-electron chi connectivity index (χ0n) is 9.74. The molecule has 2 N–H and O–H groups in total. The zero-order chi connectivity index (χ0) is 11.1. The fourth-order valence-corrected chi connectivity index (χ4v) is 2.95. The normalized spacial score (nSPS) is 29.1. The van der Waals surface area contributed by atoms with E-state index in [2.05, 4.69) is 30.4 Å². The highest BCUT2D eigenvalue weighted by Gasteiger charge is 2.35. The molecule has 2 heteroatoms. The molecule has 1 saturated carbocycles. The molecule has 0 aromatic heterocycles. The molecular formula is C14H19NO. The van der Waals surface area contributed by atoms with Gasteiger partial charge in [0.25, 0.3) is 0 Å². The van der Waals surface area contributed by atoms with Gasteiger partial charge in [0.05, 0.1) is 12.1 Å². The van der Waals surface area contributed by atoms with Crippen molar-refractivity contribution < 1.29 is 5.11 Å². The average molecular weight is 217 g/mol. The summed E-state index contributed by atoms with van der Waals surface area (Å²) in [5, 5.41) is 13.7. The standard InChI is InChI=1S/C14H19NO/c1-9-4-2-7-11-8-12(16)14(15-13(9)11)10-5-3-6-10/h2,4,7,10,12,14-16H,3,5-6,8H2,1H3. The smallest absolute Gasteiger partial charge is 0.0784 e. The first-order valence-electron chi connectivity index (χ1n) is 6.29. The van der Waals surface area contributed by atoms with Crippen molar-refractivity contribution in [1.82, 2.24) is 0 Å². The number of benzene rings is 1. The molecule has 0 spiro atoms. The highest BCUT2D eigenvalue weighted by Crippen LogP contribution is 2.37. The minimum atomic E-state index is -0.209. The van der Waals surface area contributed by atoms with Crippen LogP contribution in [0.25, 0.3) is 0 Å². The quantitative estimate of drug-likeness (QED) is 0.757. The number of para-hydroxylation sites is 1. The molecule has 1 fully saturated rings. The van der Waals surface area contributed by atoms with Gasteiger partial charge in [-0.25, -0.2) is 0 Å². The fraction of sp³-hybridized carbons (Fsp3) is 0.571. The Morgan fingerprint density at radius 3 is 2.81 bits per heavy atom. The van der Waals surface area contributed by atoms with Crippen LogP contribution in [-0.4, -0.2) is 17.3 Å². The van der Waals surface area contributed by atoms with Crippen LogP contribution in [0.1, 0.15) is 30.4 Å². The van der Waals surface area contributed by atoms with Crippen LogP contribution < -0.4 is 5.32 Å². The average Bonchev–Trinajstić information content (AvgIpc) is 2.18. The number of fused-ring (bicyclic) bond motifs is 1. The van der Waals surface area contributed by atoms with Crippen LogP contribution in [0.5, 0.6) is 0 Å². The van der Waals surface area contributed by atoms with Crippen molar-refractivity contribution in [3.63, 3.8) is 0 Å². The van der Waals surface area contributed by atoms with Gasteiger partial charge in [0, 0.05) is 12.1 Å². The zero-order valence-corrected chi connectivity index (χ0v) is 9.74. The molecular weight excluding hydrogens is 198 g/mol. The van der Waals surface area contributed by atoms with Crippen LogP contribution in [0.3, 0.4) is 0 Å². The van der Waals surface area contributed by atoms with E-state index < -0.39 is 0 Å². The largest absolute Gasteiger partial charge is 0.391 e. The molecule has 1 aliphatic heterocycles. The van der Waals surface area contributed by atoms with Gasteiger partial charge >= 0.3 is 0 Å². The van der Waals surface area contributed by atoms with Gasteiger partial charge in [-0.2, -0.15) is 0 Å². The topological polar surface area (TPSA) is 32.3 Å². The van der Waals surface area contributed by atoms with Gasteiger partial charge in [-0.15, -0.1) is 0 Å². The molecule has 1 heterocycles. The molecule has 2 atom stereocenters. The van der Waals surface area contributed by atoms with E-state index in [1.807, 2.05) is 0 Å². The summed E-state index contributed by atoms with van der Waals surface area (Å²) in [7, 11) is 0. The molecule has 2 unspecified atom stereocenters. The van der Waals surface area contributed by atoms with Crippen molar-refractivity contribution in [2.75, 3.05) is 5.32 Å². The number of aryl methyl sites for hydroxylation is 1. The maximum atomic E-state index is 10.2. The van der Waals surface area contributed by atoms with Gasteiger partial charge in [0.15, 0.2) is 0 Å². The van der Waals surface area contributed by atoms with Gasteiger partial charge < -0.3 is 10.4 Å². The molecule has 0 bridgehead atoms. The van der Waals surface area contributed by atoms with Crippen LogP contribution >= 0.6 is 0 Å². The summed E-state index contributed by atoms with van der Waals surface area (Å²) in [6.07, 6.45) is 4.48. The summed E-state index contributed by atoms with van der Waals surface area (Å²) in [6.45, 7) is 2.14. The minimum absolute atomic E-state index is 0.209. The maximum absolute atomic E-state index is 10.2. The summed E-state index contributed by atoms with van der Waals surface area (Å²) >= 11 is 0. The first kappa shape index (κ1) is 10.2. The van der Waals surface area contributed by atoms with Crippen LogP contribution in [0.2, 0.25) is 0 Å². The Balaban J connectivity index is 1.90. The van der Waals surface area contributed by atoms with E-state index >= 15 is 0 Å². The SMILES string of the molecule is Cc1cccc2c1NC(C1CCC1)C(O)C2. The van der Waals surface area contributed by atoms with Crippen molar-refractivity contribution in [2.45, 2.75) is 44.8 Å². The Hall–Kier alpha value is -1.02. The lowest BCUT2D eigenvalue weighted by molar-refractivity contribution is 0.0961. The Bertz CT molecular complexity index is 398. The second kappa shape index (κ2) is 3.77. The fourth-order valence-electron chi connectivity index (χ4n) is 2.95. The molecule has 0 saturated heterocycles. The molecule has 1 aromatic carbocycles. The van der Waals surface area contributed by atoms with Crippen molar-refractivity contribution >= 4 is 5.69 Å². The molecule has 0 amide bonds. The third kappa shape index (κ3) is 1.52. The Labute approximate surface area is 96.7 Å². The molecule has 86 valence electrons. The summed E-state index contributed by atoms with van der Waals surface area (Å²) in [5.74, 6) is 0.683. The van der Waals surface area contributed by atoms with E-state index in [1.54, 1.807) is 0 Å². The lowest BCUT2D eigenvalue weighted by Crippen LogP contribution is -2.46. The molecule has 3 rings (SSSR count). The summed E-state index contributed by atoms with van der Waals surface area (Å²) < 4.78 is 0. The van der Waals surface area contributed by atoms with E-state index in [0.29, 0.717) is 5.92 Å². The minimum Gasteiger partial charge on any atom is -0.391 e. The molecule has 1 aliphatic carbocycles. The van der Waals surface area contributed by atoms with E-state index in [-0.39, 0.29) is 12.1 Å². The lowest BCUT2D eigenvalue weighted by Gasteiger charge is -2.41. The molecule has 2 aliphatic rings. The van der Waals surface area contributed by atoms with Crippen molar-refractivity contribution in [3.05, 3.63) is 29.3 Å². The number of rotatable bonds is 1. The molecule has 16 heavy (non-hydrogen) atoms. The van der Waals surface area contributed by atoms with Crippen LogP contribution in [0, 0.1) is 12.8 Å². The predicted molar refractivity (Wildman–Crippen MR) is 65.6 cm³/mol. The molecule has 2 nitrogen and oxygen atoms in total. The van der Waals surface area contributed by atoms with Crippen molar-refractivity contribution in [2.24, 2.45) is 5.92 Å². The second-order valence-electron chi connectivity index (χ2n) is 5.24. The molecule has 1 aromatic rings. The first-order valence-corrected chi connectivity index (χ1v) is 6.29. The first-order chi connectivity index (χ1) is 7.75. The van der Waals surface area contributed by atoms with Gasteiger partial charge in [-0.3, -0.25) is 0 Å². The number of hydrogen-bond acceptors (Lipinski definition) is 2. The van der Waals surface area contributed by atoms with Crippen LogP contribution in [0.15, 0.2) is 18.2 Å². The third-order valence-corrected chi connectivity index (χ3v) is 4.17. The molecule has 0 radical (unpaired) electrons. The van der Waals surface area contributed by atoms with Gasteiger partial charge in [0.2, 0.25) is 0 Å². The number of nitrogens with one attached hydrogen (secondary N) is 1. The van der Waals surface area contributed by atoms with Crippen molar-refractivity contribution in [1.29, 1.82) is 0 Å². The predicted octanol–water partition coefficient (Wildman–Crippen LogP) is 2.49. The Morgan fingerprint density at radius 2 is 2.12 bits per heavy atom. The third-order valence-electron chi connectivity index (χ3n) is 4.17. The highest BCUT2D eigenvalue weighted by atomic mass is 16.3. The lowest BCUT2D eigenvalue weighted by atomic mass is 9.75.